The highest BCUT2D eigenvalue weighted by atomic mass is 35.5. The summed E-state index contributed by atoms with van der Waals surface area (Å²) in [5.74, 6) is 0.853. The van der Waals surface area contributed by atoms with Crippen LogP contribution in [0.25, 0.3) is 16.7 Å². The SMILES string of the molecule is CCC(CC)c1ccc(Cl)c2nc(Oc3c(Cl)cc(Cl)cc3-n3ccnc3)n(C)c12. The molecular weight excluding hydrogens is 443 g/mol. The van der Waals surface area contributed by atoms with Crippen molar-refractivity contribution in [3.05, 3.63) is 63.6 Å². The molecule has 0 aliphatic rings. The molecule has 4 aromatic rings. The van der Waals surface area contributed by atoms with E-state index in [1.807, 2.05) is 17.7 Å². The van der Waals surface area contributed by atoms with Gasteiger partial charge in [-0.1, -0.05) is 54.7 Å². The molecule has 2 aromatic heterocycles. The standard InChI is InChI=1S/C22H21Cl3N4O/c1-4-13(5-2)15-6-7-16(24)19-20(15)28(3)22(27-19)30-21-17(25)10-14(23)11-18(21)29-9-8-26-12-29/h6-13H,4-5H2,1-3H3. The second-order valence-corrected chi connectivity index (χ2v) is 8.36. The van der Waals surface area contributed by atoms with Crippen LogP contribution in [0.5, 0.6) is 11.8 Å². The van der Waals surface area contributed by atoms with Crippen LogP contribution >= 0.6 is 34.8 Å². The Hall–Kier alpha value is -2.21. The van der Waals surface area contributed by atoms with Gasteiger partial charge in [0.25, 0.3) is 0 Å². The molecule has 2 heterocycles. The molecular formula is C22H21Cl3N4O. The van der Waals surface area contributed by atoms with Crippen molar-refractivity contribution in [1.29, 1.82) is 0 Å². The van der Waals surface area contributed by atoms with E-state index in [9.17, 15) is 0 Å². The number of ether oxygens (including phenoxy) is 1. The number of halogens is 3. The Morgan fingerprint density at radius 2 is 1.83 bits per heavy atom. The number of benzene rings is 2. The van der Waals surface area contributed by atoms with E-state index in [-0.39, 0.29) is 0 Å². The molecule has 2 aromatic carbocycles. The maximum Gasteiger partial charge on any atom is 0.302 e. The first-order chi connectivity index (χ1) is 14.4. The molecule has 0 saturated carbocycles. The molecule has 30 heavy (non-hydrogen) atoms. The highest BCUT2D eigenvalue weighted by Crippen LogP contribution is 2.40. The van der Waals surface area contributed by atoms with Gasteiger partial charge in [-0.3, -0.25) is 4.57 Å². The summed E-state index contributed by atoms with van der Waals surface area (Å²) in [4.78, 5) is 8.80. The summed E-state index contributed by atoms with van der Waals surface area (Å²) < 4.78 is 9.96. The Morgan fingerprint density at radius 3 is 2.50 bits per heavy atom. The summed E-state index contributed by atoms with van der Waals surface area (Å²) in [5, 5.41) is 1.46. The summed E-state index contributed by atoms with van der Waals surface area (Å²) >= 11 is 19.2. The van der Waals surface area contributed by atoms with Gasteiger partial charge in [0.1, 0.15) is 5.52 Å². The number of hydrogen-bond acceptors (Lipinski definition) is 3. The monoisotopic (exact) mass is 462 g/mol. The summed E-state index contributed by atoms with van der Waals surface area (Å²) in [7, 11) is 1.92. The van der Waals surface area contributed by atoms with E-state index in [4.69, 9.17) is 44.5 Å². The van der Waals surface area contributed by atoms with Crippen molar-refractivity contribution >= 4 is 45.8 Å². The van der Waals surface area contributed by atoms with Gasteiger partial charge in [-0.2, -0.15) is 4.98 Å². The number of fused-ring (bicyclic) bond motifs is 1. The van der Waals surface area contributed by atoms with Crippen LogP contribution in [-0.4, -0.2) is 19.1 Å². The second kappa shape index (κ2) is 8.50. The van der Waals surface area contributed by atoms with Crippen molar-refractivity contribution in [3.8, 4) is 17.4 Å². The fourth-order valence-corrected chi connectivity index (χ4v) is 4.49. The number of hydrogen-bond donors (Lipinski definition) is 0. The molecule has 0 fully saturated rings. The molecule has 0 bridgehead atoms. The number of aryl methyl sites for hydroxylation is 1. The molecule has 0 radical (unpaired) electrons. The van der Waals surface area contributed by atoms with Crippen LogP contribution in [0.15, 0.2) is 43.0 Å². The minimum atomic E-state index is 0.379. The minimum Gasteiger partial charge on any atom is -0.422 e. The van der Waals surface area contributed by atoms with Gasteiger partial charge in [0, 0.05) is 24.5 Å². The third-order valence-corrected chi connectivity index (χ3v) is 6.16. The van der Waals surface area contributed by atoms with Gasteiger partial charge in [-0.25, -0.2) is 4.98 Å². The lowest BCUT2D eigenvalue weighted by Gasteiger charge is -2.16. The van der Waals surface area contributed by atoms with Gasteiger partial charge in [0.15, 0.2) is 5.75 Å². The number of imidazole rings is 2. The third-order valence-electron chi connectivity index (χ3n) is 5.35. The zero-order valence-electron chi connectivity index (χ0n) is 16.9. The lowest BCUT2D eigenvalue weighted by atomic mass is 9.93. The molecule has 0 amide bonds. The lowest BCUT2D eigenvalue weighted by Crippen LogP contribution is -2.02. The van der Waals surface area contributed by atoms with E-state index in [1.54, 1.807) is 35.4 Å². The fraction of sp³-hybridized carbons (Fsp3) is 0.273. The second-order valence-electron chi connectivity index (χ2n) is 7.11. The van der Waals surface area contributed by atoms with Crippen molar-refractivity contribution in [3.63, 3.8) is 0 Å². The predicted octanol–water partition coefficient (Wildman–Crippen LogP) is 7.42. The van der Waals surface area contributed by atoms with Gasteiger partial charge in [0.2, 0.25) is 0 Å². The topological polar surface area (TPSA) is 44.9 Å². The van der Waals surface area contributed by atoms with Crippen molar-refractivity contribution < 1.29 is 4.74 Å². The average Bonchev–Trinajstić information content (AvgIpc) is 3.36. The van der Waals surface area contributed by atoms with Crippen LogP contribution < -0.4 is 4.74 Å². The van der Waals surface area contributed by atoms with E-state index in [1.165, 1.54) is 5.56 Å². The van der Waals surface area contributed by atoms with Gasteiger partial charge in [0.05, 0.1) is 27.6 Å². The molecule has 4 rings (SSSR count). The first-order valence-corrected chi connectivity index (χ1v) is 10.9. The zero-order valence-corrected chi connectivity index (χ0v) is 19.1. The normalized spacial score (nSPS) is 11.6. The molecule has 156 valence electrons. The fourth-order valence-electron chi connectivity index (χ4n) is 3.78. The van der Waals surface area contributed by atoms with Crippen molar-refractivity contribution in [1.82, 2.24) is 19.1 Å². The van der Waals surface area contributed by atoms with Crippen LogP contribution in [0, 0.1) is 0 Å². The molecule has 0 atom stereocenters. The summed E-state index contributed by atoms with van der Waals surface area (Å²) in [6, 6.07) is 7.80. The van der Waals surface area contributed by atoms with Crippen LogP contribution in [0.4, 0.5) is 0 Å². The average molecular weight is 464 g/mol. The minimum absolute atomic E-state index is 0.379. The lowest BCUT2D eigenvalue weighted by molar-refractivity contribution is 0.426. The number of rotatable bonds is 6. The largest absolute Gasteiger partial charge is 0.422 e. The summed E-state index contributed by atoms with van der Waals surface area (Å²) in [5.41, 5.74) is 3.57. The molecule has 0 saturated heterocycles. The predicted molar refractivity (Wildman–Crippen MR) is 123 cm³/mol. The molecule has 0 aliphatic carbocycles. The Bertz CT molecular complexity index is 1200. The van der Waals surface area contributed by atoms with Gasteiger partial charge in [-0.05, 0) is 42.5 Å². The summed E-state index contributed by atoms with van der Waals surface area (Å²) in [6.45, 7) is 4.38. The van der Waals surface area contributed by atoms with E-state index >= 15 is 0 Å². The molecule has 0 N–H and O–H groups in total. The van der Waals surface area contributed by atoms with Crippen molar-refractivity contribution in [2.75, 3.05) is 0 Å². The van der Waals surface area contributed by atoms with E-state index in [2.05, 4.69) is 24.9 Å². The highest BCUT2D eigenvalue weighted by Gasteiger charge is 2.22. The number of nitrogens with zero attached hydrogens (tertiary/aromatic N) is 4. The first kappa shape index (κ1) is 21.0. The Balaban J connectivity index is 1.88. The van der Waals surface area contributed by atoms with Gasteiger partial charge in [-0.15, -0.1) is 0 Å². The van der Waals surface area contributed by atoms with Gasteiger partial charge < -0.3 is 9.30 Å². The third kappa shape index (κ3) is 3.66. The van der Waals surface area contributed by atoms with Crippen molar-refractivity contribution in [2.45, 2.75) is 32.6 Å². The van der Waals surface area contributed by atoms with Crippen LogP contribution in [0.1, 0.15) is 38.2 Å². The van der Waals surface area contributed by atoms with E-state index in [0.717, 1.165) is 18.4 Å². The highest BCUT2D eigenvalue weighted by molar-refractivity contribution is 6.36. The van der Waals surface area contributed by atoms with E-state index in [0.29, 0.717) is 43.9 Å². The van der Waals surface area contributed by atoms with E-state index < -0.39 is 0 Å². The smallest absolute Gasteiger partial charge is 0.302 e. The summed E-state index contributed by atoms with van der Waals surface area (Å²) in [6.07, 6.45) is 7.19. The van der Waals surface area contributed by atoms with Gasteiger partial charge >= 0.3 is 6.01 Å². The first-order valence-electron chi connectivity index (χ1n) is 9.74. The van der Waals surface area contributed by atoms with Crippen LogP contribution in [0.3, 0.4) is 0 Å². The maximum absolute atomic E-state index is 6.50. The number of aromatic nitrogens is 4. The maximum atomic E-state index is 6.50. The Labute approximate surface area is 190 Å². The molecule has 8 heteroatoms. The Kier molecular flexibility index (Phi) is 5.96. The van der Waals surface area contributed by atoms with Crippen LogP contribution in [-0.2, 0) is 7.05 Å². The zero-order chi connectivity index (χ0) is 21.4. The molecule has 0 spiro atoms. The molecule has 0 unspecified atom stereocenters. The van der Waals surface area contributed by atoms with Crippen molar-refractivity contribution in [2.24, 2.45) is 7.05 Å². The quantitative estimate of drug-likeness (QED) is 0.299. The Morgan fingerprint density at radius 1 is 1.07 bits per heavy atom. The molecule has 0 aliphatic heterocycles. The molecule has 5 nitrogen and oxygen atoms in total. The van der Waals surface area contributed by atoms with Crippen LogP contribution in [0.2, 0.25) is 15.1 Å².